The molecule has 3 rings (SSSR count). The summed E-state index contributed by atoms with van der Waals surface area (Å²) in [4.78, 5) is 26.5. The molecule has 0 atom stereocenters. The molecular formula is C19H18N2O3. The van der Waals surface area contributed by atoms with Crippen molar-refractivity contribution in [3.8, 4) is 5.88 Å². The number of hydrogen-bond acceptors (Lipinski definition) is 3. The van der Waals surface area contributed by atoms with E-state index < -0.39 is 11.2 Å². The van der Waals surface area contributed by atoms with Gasteiger partial charge in [0.05, 0.1) is 12.1 Å². The number of aromatic amines is 1. The minimum atomic E-state index is -0.617. The van der Waals surface area contributed by atoms with Crippen molar-refractivity contribution in [2.45, 2.75) is 19.9 Å². The topological polar surface area (TPSA) is 75.1 Å². The molecule has 0 fully saturated rings. The van der Waals surface area contributed by atoms with Crippen LogP contribution in [0, 0.1) is 6.92 Å². The Morgan fingerprint density at radius 2 is 1.62 bits per heavy atom. The van der Waals surface area contributed by atoms with E-state index in [1.165, 1.54) is 4.57 Å². The predicted octanol–water partition coefficient (Wildman–Crippen LogP) is 2.19. The summed E-state index contributed by atoms with van der Waals surface area (Å²) in [5.74, 6) is -0.284. The van der Waals surface area contributed by atoms with E-state index >= 15 is 0 Å². The standard InChI is InChI=1S/C19H18N2O3/c1-13-7-9-14(10-8-13)11-16-17(22)20-19(24)21(18(16)23)12-15-5-3-2-4-6-15/h2-10,23H,11-12H2,1H3,(H,20,22,24). The highest BCUT2D eigenvalue weighted by atomic mass is 16.3. The first-order valence-electron chi connectivity index (χ1n) is 7.69. The van der Waals surface area contributed by atoms with Crippen LogP contribution >= 0.6 is 0 Å². The highest BCUT2D eigenvalue weighted by molar-refractivity contribution is 5.32. The van der Waals surface area contributed by atoms with Crippen LogP contribution in [0.3, 0.4) is 0 Å². The summed E-state index contributed by atoms with van der Waals surface area (Å²) in [5.41, 5.74) is 1.89. The quantitative estimate of drug-likeness (QED) is 0.773. The maximum Gasteiger partial charge on any atom is 0.331 e. The molecule has 122 valence electrons. The molecular weight excluding hydrogens is 304 g/mol. The third-order valence-corrected chi connectivity index (χ3v) is 3.95. The lowest BCUT2D eigenvalue weighted by Crippen LogP contribution is -2.32. The molecule has 0 spiro atoms. The van der Waals surface area contributed by atoms with Gasteiger partial charge in [0, 0.05) is 6.42 Å². The maximum atomic E-state index is 12.1. The van der Waals surface area contributed by atoms with Crippen LogP contribution in [0.5, 0.6) is 5.88 Å². The van der Waals surface area contributed by atoms with Gasteiger partial charge >= 0.3 is 5.69 Å². The number of aromatic hydroxyl groups is 1. The summed E-state index contributed by atoms with van der Waals surface area (Å²) in [6.07, 6.45) is 0.260. The molecule has 0 radical (unpaired) electrons. The molecule has 0 unspecified atom stereocenters. The first-order chi connectivity index (χ1) is 11.5. The summed E-state index contributed by atoms with van der Waals surface area (Å²) in [6, 6.07) is 17.0. The van der Waals surface area contributed by atoms with Crippen LogP contribution in [0.1, 0.15) is 22.3 Å². The molecule has 1 heterocycles. The molecule has 3 aromatic rings. The molecule has 24 heavy (non-hydrogen) atoms. The monoisotopic (exact) mass is 322 g/mol. The van der Waals surface area contributed by atoms with Gasteiger partial charge in [-0.3, -0.25) is 14.3 Å². The Morgan fingerprint density at radius 1 is 0.958 bits per heavy atom. The lowest BCUT2D eigenvalue weighted by atomic mass is 10.1. The van der Waals surface area contributed by atoms with E-state index in [2.05, 4.69) is 4.98 Å². The smallest absolute Gasteiger partial charge is 0.331 e. The van der Waals surface area contributed by atoms with Gasteiger partial charge in [-0.15, -0.1) is 0 Å². The second kappa shape index (κ2) is 6.58. The van der Waals surface area contributed by atoms with E-state index in [4.69, 9.17) is 0 Å². The van der Waals surface area contributed by atoms with Gasteiger partial charge < -0.3 is 5.11 Å². The molecule has 5 nitrogen and oxygen atoms in total. The van der Waals surface area contributed by atoms with Crippen molar-refractivity contribution in [3.63, 3.8) is 0 Å². The molecule has 0 amide bonds. The van der Waals surface area contributed by atoms with Crippen LogP contribution in [0.2, 0.25) is 0 Å². The van der Waals surface area contributed by atoms with E-state index in [0.717, 1.165) is 16.7 Å². The number of rotatable bonds is 4. The van der Waals surface area contributed by atoms with Crippen molar-refractivity contribution < 1.29 is 5.11 Å². The Morgan fingerprint density at radius 3 is 2.29 bits per heavy atom. The van der Waals surface area contributed by atoms with Gasteiger partial charge in [0.15, 0.2) is 0 Å². The van der Waals surface area contributed by atoms with Crippen LogP contribution in [-0.2, 0) is 13.0 Å². The number of aryl methyl sites for hydroxylation is 1. The number of H-pyrrole nitrogens is 1. The SMILES string of the molecule is Cc1ccc(Cc2c(O)n(Cc3ccccc3)c(=O)[nH]c2=O)cc1. The number of nitrogens with one attached hydrogen (secondary N) is 1. The van der Waals surface area contributed by atoms with Crippen molar-refractivity contribution >= 4 is 0 Å². The molecule has 0 saturated heterocycles. The van der Waals surface area contributed by atoms with Gasteiger partial charge in [-0.2, -0.15) is 0 Å². The fourth-order valence-corrected chi connectivity index (χ4v) is 2.58. The highest BCUT2D eigenvalue weighted by Gasteiger charge is 2.15. The molecule has 0 aliphatic heterocycles. The van der Waals surface area contributed by atoms with Crippen molar-refractivity contribution in [2.24, 2.45) is 0 Å². The first kappa shape index (κ1) is 15.8. The van der Waals surface area contributed by atoms with Crippen molar-refractivity contribution in [2.75, 3.05) is 0 Å². The summed E-state index contributed by atoms with van der Waals surface area (Å²) in [7, 11) is 0. The fourth-order valence-electron chi connectivity index (χ4n) is 2.58. The second-order valence-electron chi connectivity index (χ2n) is 5.80. The number of nitrogens with zero attached hydrogens (tertiary/aromatic N) is 1. The average molecular weight is 322 g/mol. The summed E-state index contributed by atoms with van der Waals surface area (Å²) in [5, 5.41) is 10.5. The minimum absolute atomic E-state index is 0.189. The van der Waals surface area contributed by atoms with E-state index in [1.54, 1.807) is 0 Å². The lowest BCUT2D eigenvalue weighted by Gasteiger charge is -2.11. The second-order valence-corrected chi connectivity index (χ2v) is 5.80. The van der Waals surface area contributed by atoms with Gasteiger partial charge in [-0.1, -0.05) is 60.2 Å². The van der Waals surface area contributed by atoms with E-state index in [-0.39, 0.29) is 24.4 Å². The van der Waals surface area contributed by atoms with Crippen LogP contribution in [-0.4, -0.2) is 14.7 Å². The molecule has 0 aliphatic rings. The van der Waals surface area contributed by atoms with Gasteiger partial charge in [0.2, 0.25) is 5.88 Å². The Bertz CT molecular complexity index is 955. The summed E-state index contributed by atoms with van der Waals surface area (Å²) in [6.45, 7) is 2.18. The van der Waals surface area contributed by atoms with Crippen LogP contribution in [0.15, 0.2) is 64.2 Å². The minimum Gasteiger partial charge on any atom is -0.494 e. The number of hydrogen-bond donors (Lipinski definition) is 2. The zero-order chi connectivity index (χ0) is 17.1. The van der Waals surface area contributed by atoms with Gasteiger partial charge in [-0.25, -0.2) is 4.79 Å². The van der Waals surface area contributed by atoms with Crippen molar-refractivity contribution in [1.82, 2.24) is 9.55 Å². The highest BCUT2D eigenvalue weighted by Crippen LogP contribution is 2.16. The van der Waals surface area contributed by atoms with Crippen LogP contribution in [0.4, 0.5) is 0 Å². The Labute approximate surface area is 138 Å². The fraction of sp³-hybridized carbons (Fsp3) is 0.158. The molecule has 0 aliphatic carbocycles. The van der Waals surface area contributed by atoms with Crippen LogP contribution in [0.25, 0.3) is 0 Å². The van der Waals surface area contributed by atoms with E-state index in [0.29, 0.717) is 0 Å². The van der Waals surface area contributed by atoms with Crippen LogP contribution < -0.4 is 11.2 Å². The van der Waals surface area contributed by atoms with E-state index in [9.17, 15) is 14.7 Å². The Hall–Kier alpha value is -3.08. The Balaban J connectivity index is 2.01. The third kappa shape index (κ3) is 3.30. The van der Waals surface area contributed by atoms with Gasteiger partial charge in [0.1, 0.15) is 0 Å². The Kier molecular flexibility index (Phi) is 4.33. The number of aromatic nitrogens is 2. The first-order valence-corrected chi connectivity index (χ1v) is 7.69. The third-order valence-electron chi connectivity index (χ3n) is 3.95. The number of benzene rings is 2. The summed E-state index contributed by atoms with van der Waals surface area (Å²) < 4.78 is 1.18. The normalized spacial score (nSPS) is 10.7. The molecule has 2 aromatic carbocycles. The average Bonchev–Trinajstić information content (AvgIpc) is 2.58. The molecule has 5 heteroatoms. The van der Waals surface area contributed by atoms with Crippen molar-refractivity contribution in [3.05, 3.63) is 97.7 Å². The summed E-state index contributed by atoms with van der Waals surface area (Å²) >= 11 is 0. The largest absolute Gasteiger partial charge is 0.494 e. The zero-order valence-electron chi connectivity index (χ0n) is 13.3. The van der Waals surface area contributed by atoms with Crippen molar-refractivity contribution in [1.29, 1.82) is 0 Å². The predicted molar refractivity (Wildman–Crippen MR) is 92.5 cm³/mol. The molecule has 2 N–H and O–H groups in total. The van der Waals surface area contributed by atoms with Gasteiger partial charge in [-0.05, 0) is 18.1 Å². The maximum absolute atomic E-state index is 12.1. The molecule has 0 saturated carbocycles. The molecule has 0 bridgehead atoms. The van der Waals surface area contributed by atoms with E-state index in [1.807, 2.05) is 61.5 Å². The lowest BCUT2D eigenvalue weighted by molar-refractivity contribution is 0.402. The zero-order valence-corrected chi connectivity index (χ0v) is 13.3. The van der Waals surface area contributed by atoms with Gasteiger partial charge in [0.25, 0.3) is 5.56 Å². The molecule has 1 aromatic heterocycles.